The van der Waals surface area contributed by atoms with E-state index in [1.54, 1.807) is 0 Å². The molecule has 0 amide bonds. The van der Waals surface area contributed by atoms with Gasteiger partial charge in [-0.25, -0.2) is 0 Å². The summed E-state index contributed by atoms with van der Waals surface area (Å²) in [6.07, 6.45) is 41.3. The van der Waals surface area contributed by atoms with E-state index in [1.807, 2.05) is 0 Å². The molecule has 0 aromatic heterocycles. The predicted molar refractivity (Wildman–Crippen MR) is 150 cm³/mol. The van der Waals surface area contributed by atoms with Crippen LogP contribution in [0.4, 0.5) is 0 Å². The van der Waals surface area contributed by atoms with Gasteiger partial charge in [0.15, 0.2) is 0 Å². The Kier molecular flexibility index (Phi) is 29.0. The van der Waals surface area contributed by atoms with Crippen LogP contribution in [0.25, 0.3) is 0 Å². The fourth-order valence-electron chi connectivity index (χ4n) is 5.17. The molecule has 32 heavy (non-hydrogen) atoms. The molecule has 0 rings (SSSR count). The van der Waals surface area contributed by atoms with Crippen LogP contribution >= 0.6 is 0 Å². The summed E-state index contributed by atoms with van der Waals surface area (Å²) in [6.45, 7) is 7.11. The maximum Gasteiger partial charge on any atom is -0.0443 e. The lowest BCUT2D eigenvalue weighted by Gasteiger charge is -2.11. The monoisotopic (exact) mass is 451 g/mol. The molecule has 0 aliphatic rings. The lowest BCUT2D eigenvalue weighted by Crippen LogP contribution is -1.95. The van der Waals surface area contributed by atoms with E-state index in [4.69, 9.17) is 0 Å². The molecule has 0 radical (unpaired) electrons. The molecule has 1 atom stereocenters. The van der Waals surface area contributed by atoms with Gasteiger partial charge in [0.2, 0.25) is 0 Å². The molecule has 0 aromatic rings. The summed E-state index contributed by atoms with van der Waals surface area (Å²) in [4.78, 5) is 0. The van der Waals surface area contributed by atoms with Crippen molar-refractivity contribution in [2.24, 2.45) is 5.92 Å². The largest absolute Gasteiger partial charge is 0.0654 e. The Bertz CT molecular complexity index is 307. The van der Waals surface area contributed by atoms with Crippen molar-refractivity contribution in [3.05, 3.63) is 0 Å². The normalized spacial score (nSPS) is 12.5. The van der Waals surface area contributed by atoms with Crippen molar-refractivity contribution in [3.8, 4) is 0 Å². The van der Waals surface area contributed by atoms with Crippen molar-refractivity contribution in [2.75, 3.05) is 0 Å². The van der Waals surface area contributed by atoms with Crippen molar-refractivity contribution in [1.82, 2.24) is 0 Å². The molecular weight excluding hydrogens is 384 g/mol. The Morgan fingerprint density at radius 1 is 0.281 bits per heavy atom. The molecule has 0 N–H and O–H groups in total. The summed E-state index contributed by atoms with van der Waals surface area (Å²) in [5.74, 6) is 0.968. The van der Waals surface area contributed by atoms with Gasteiger partial charge in [0.25, 0.3) is 0 Å². The van der Waals surface area contributed by atoms with Gasteiger partial charge in [0, 0.05) is 0 Å². The third-order valence-corrected chi connectivity index (χ3v) is 7.60. The van der Waals surface area contributed by atoms with Gasteiger partial charge in [-0.05, 0) is 5.92 Å². The second kappa shape index (κ2) is 29.0. The summed E-state index contributed by atoms with van der Waals surface area (Å²) in [7, 11) is 0. The lowest BCUT2D eigenvalue weighted by atomic mass is 9.95. The Morgan fingerprint density at radius 2 is 0.469 bits per heavy atom. The second-order valence-corrected chi connectivity index (χ2v) is 11.2. The molecule has 0 aliphatic carbocycles. The van der Waals surface area contributed by atoms with Crippen LogP contribution in [0.15, 0.2) is 0 Å². The van der Waals surface area contributed by atoms with E-state index < -0.39 is 0 Å². The Morgan fingerprint density at radius 3 is 0.688 bits per heavy atom. The minimum atomic E-state index is 0.968. The molecule has 0 aromatic carbocycles. The van der Waals surface area contributed by atoms with Gasteiger partial charge in [-0.1, -0.05) is 201 Å². The average Bonchev–Trinajstić information content (AvgIpc) is 2.80. The first-order valence-electron chi connectivity index (χ1n) is 15.8. The molecule has 0 bridgehead atoms. The summed E-state index contributed by atoms with van der Waals surface area (Å²) >= 11 is 0. The molecule has 0 spiro atoms. The molecule has 0 aliphatic heterocycles. The first kappa shape index (κ1) is 32.0. The van der Waals surface area contributed by atoms with Crippen molar-refractivity contribution in [2.45, 2.75) is 201 Å². The molecule has 0 fully saturated rings. The highest BCUT2D eigenvalue weighted by Gasteiger charge is 2.02. The number of rotatable bonds is 28. The molecule has 0 nitrogen and oxygen atoms in total. The average molecular weight is 451 g/mol. The summed E-state index contributed by atoms with van der Waals surface area (Å²) in [5, 5.41) is 0. The molecule has 1 unspecified atom stereocenters. The van der Waals surface area contributed by atoms with Crippen LogP contribution in [0, 0.1) is 5.92 Å². The van der Waals surface area contributed by atoms with Gasteiger partial charge in [0.1, 0.15) is 0 Å². The van der Waals surface area contributed by atoms with Gasteiger partial charge in [-0.3, -0.25) is 0 Å². The highest BCUT2D eigenvalue weighted by molar-refractivity contribution is 4.56. The summed E-state index contributed by atoms with van der Waals surface area (Å²) in [6, 6.07) is 0. The third kappa shape index (κ3) is 28.0. The Balaban J connectivity index is 3.12. The quantitative estimate of drug-likeness (QED) is 0.104. The van der Waals surface area contributed by atoms with Gasteiger partial charge in [-0.2, -0.15) is 0 Å². The fourth-order valence-corrected chi connectivity index (χ4v) is 5.17. The standard InChI is InChI=1S/C32H66/c1-4-6-8-10-12-14-16-17-18-19-20-21-23-25-27-29-31-32(3)30-28-26-24-22-15-13-11-9-7-5-2/h32H,4-31H2,1-3H3. The lowest BCUT2D eigenvalue weighted by molar-refractivity contribution is 0.429. The zero-order chi connectivity index (χ0) is 23.4. The van der Waals surface area contributed by atoms with Gasteiger partial charge in [-0.15, -0.1) is 0 Å². The Labute approximate surface area is 206 Å². The number of hydrogen-bond donors (Lipinski definition) is 0. The van der Waals surface area contributed by atoms with E-state index in [0.717, 1.165) is 5.92 Å². The Hall–Kier alpha value is 0. The zero-order valence-electron chi connectivity index (χ0n) is 23.4. The number of hydrogen-bond acceptors (Lipinski definition) is 0. The topological polar surface area (TPSA) is 0 Å². The van der Waals surface area contributed by atoms with Crippen LogP contribution < -0.4 is 0 Å². The zero-order valence-corrected chi connectivity index (χ0v) is 23.4. The minimum Gasteiger partial charge on any atom is -0.0654 e. The molecular formula is C32H66. The summed E-state index contributed by atoms with van der Waals surface area (Å²) < 4.78 is 0. The minimum absolute atomic E-state index is 0.968. The van der Waals surface area contributed by atoms with Gasteiger partial charge >= 0.3 is 0 Å². The first-order valence-corrected chi connectivity index (χ1v) is 15.8. The van der Waals surface area contributed by atoms with Crippen molar-refractivity contribution >= 4 is 0 Å². The van der Waals surface area contributed by atoms with E-state index in [1.165, 1.54) is 180 Å². The fraction of sp³-hybridized carbons (Fsp3) is 1.00. The number of unbranched alkanes of at least 4 members (excludes halogenated alkanes) is 24. The second-order valence-electron chi connectivity index (χ2n) is 11.2. The van der Waals surface area contributed by atoms with Crippen LogP contribution in [-0.4, -0.2) is 0 Å². The van der Waals surface area contributed by atoms with E-state index in [0.29, 0.717) is 0 Å². The predicted octanol–water partition coefficient (Wildman–Crippen LogP) is 12.6. The van der Waals surface area contributed by atoms with Crippen LogP contribution in [0.2, 0.25) is 0 Å². The molecule has 0 heteroatoms. The highest BCUT2D eigenvalue weighted by Crippen LogP contribution is 2.19. The molecule has 194 valence electrons. The molecule has 0 saturated carbocycles. The first-order chi connectivity index (χ1) is 15.8. The van der Waals surface area contributed by atoms with E-state index >= 15 is 0 Å². The van der Waals surface area contributed by atoms with Crippen molar-refractivity contribution in [1.29, 1.82) is 0 Å². The van der Waals surface area contributed by atoms with Gasteiger partial charge in [0.05, 0.1) is 0 Å². The van der Waals surface area contributed by atoms with Crippen LogP contribution in [0.1, 0.15) is 201 Å². The van der Waals surface area contributed by atoms with Crippen LogP contribution in [0.3, 0.4) is 0 Å². The van der Waals surface area contributed by atoms with Crippen molar-refractivity contribution < 1.29 is 0 Å². The third-order valence-electron chi connectivity index (χ3n) is 7.60. The van der Waals surface area contributed by atoms with E-state index in [9.17, 15) is 0 Å². The molecule has 0 saturated heterocycles. The molecule has 0 heterocycles. The van der Waals surface area contributed by atoms with Crippen LogP contribution in [0.5, 0.6) is 0 Å². The smallest absolute Gasteiger partial charge is 0.0443 e. The SMILES string of the molecule is CCCCCCCCCCCCCCCCCCC(C)CCCCCCCCCCCC. The van der Waals surface area contributed by atoms with Crippen LogP contribution in [-0.2, 0) is 0 Å². The maximum absolute atomic E-state index is 2.50. The summed E-state index contributed by atoms with van der Waals surface area (Å²) in [5.41, 5.74) is 0. The van der Waals surface area contributed by atoms with Gasteiger partial charge < -0.3 is 0 Å². The highest BCUT2D eigenvalue weighted by atomic mass is 14.1. The maximum atomic E-state index is 2.50. The van der Waals surface area contributed by atoms with Crippen molar-refractivity contribution in [3.63, 3.8) is 0 Å². The van der Waals surface area contributed by atoms with E-state index in [-0.39, 0.29) is 0 Å². The van der Waals surface area contributed by atoms with E-state index in [2.05, 4.69) is 20.8 Å².